The van der Waals surface area contributed by atoms with Crippen molar-refractivity contribution in [2.75, 3.05) is 96.9 Å². The van der Waals surface area contributed by atoms with E-state index in [4.69, 9.17) is 74.5 Å². The predicted molar refractivity (Wildman–Crippen MR) is 530 cm³/mol. The highest BCUT2D eigenvalue weighted by Gasteiger charge is 2.51. The van der Waals surface area contributed by atoms with Crippen molar-refractivity contribution in [3.63, 3.8) is 0 Å². The largest absolute Gasteiger partial charge is 0.394 e. The first-order chi connectivity index (χ1) is 85.6. The first-order valence-corrected chi connectivity index (χ1v) is 47.9. The van der Waals surface area contributed by atoms with Crippen LogP contribution in [0.25, 0.3) is 44.7 Å². The van der Waals surface area contributed by atoms with Crippen molar-refractivity contribution in [3.8, 4) is 0 Å². The van der Waals surface area contributed by atoms with Crippen molar-refractivity contribution in [3.05, 3.63) is 141 Å². The Morgan fingerprint density at radius 1 is 0.347 bits per heavy atom. The summed E-state index contributed by atoms with van der Waals surface area (Å²) < 4.78 is 449. The summed E-state index contributed by atoms with van der Waals surface area (Å²) in [6, 6.07) is -7.43. The number of anilines is 4. The molecule has 0 unspecified atom stereocenters. The lowest BCUT2D eigenvalue weighted by Gasteiger charge is -2.17. The average Bonchev–Trinajstić information content (AvgIpc) is 1.45. The van der Waals surface area contributed by atoms with E-state index in [-0.39, 0.29) is 79.9 Å². The van der Waals surface area contributed by atoms with E-state index in [2.05, 4.69) is 107 Å². The molecular weight excluding hydrogens is 1950 g/mol. The highest BCUT2D eigenvalue weighted by atomic mass is 32.2. The fraction of sp³-hybridized carbons (Fsp3) is 0.583. The lowest BCUT2D eigenvalue weighted by atomic mass is 10.1. The number of rotatable bonds is 40. The second-order valence-electron chi connectivity index (χ2n) is 31.7. The number of thioether (sulfide) groups is 4. The topological polar surface area (TPSA) is 554 Å². The van der Waals surface area contributed by atoms with Crippen LogP contribution in [0.3, 0.4) is 0 Å². The molecule has 16 N–H and O–H groups in total. The van der Waals surface area contributed by atoms with Gasteiger partial charge in [0.2, 0.25) is 0 Å². The van der Waals surface area contributed by atoms with Crippen LogP contribution in [0, 0.1) is 51.0 Å². The zero-order valence-corrected chi connectivity index (χ0v) is 80.1. The van der Waals surface area contributed by atoms with E-state index in [1.165, 1.54) is 76.2 Å². The zero-order chi connectivity index (χ0) is 142. The molecule has 0 saturated heterocycles. The molecule has 8 aromatic heterocycles. The van der Waals surface area contributed by atoms with E-state index in [1.807, 2.05) is 27.7 Å². The standard InChI is InChI=1S/4C24H31FN6O4S/c4*1-3-8-36-24-27-22(26-16-10-14(16)13-5-4-12(2)15(25)9-13)19-23(28-24)31(30-29-19)17-11-18(35-7-6-32)21(34)20(17)33/h4*4-5,9,14,16-18,20-21,32-34H,3,6-8,10-11H2,1-2H3,(H,26,27,28)/t4*14-,16+,17+,18-,20-,21+/m0000/s1/i6D2,7D2,10D2,11D2,16D,17D,18D,20D,21D;7D2,10D2,11D2,16D,17D,18D,20D,21D;6D2,10D2,11D2,16D,17D,18D,20D,21D;10D2,11D2,16D,17D,18D,20D,21D. The first kappa shape index (κ1) is 63.3. The van der Waals surface area contributed by atoms with E-state index >= 15 is 0 Å². The SMILES string of the molecule is [2H]C([2H])(CO)O[C@@]1([2H])C([2H])([2H])[C@@]([2H])(n2nnc3c(N[C@@]4([2H])[C@H](c5ccc(C)c(F)c5)C4([2H])[2H])nc(SCCC)nc32)[C@]([2H])(O)[C@]1([2H])O.[2H]C([2H])(O)C([2H])([2H])O[C@@]1([2H])C([2H])([2H])[C@@]([2H])(n2nnc3c(N[C@@]4([2H])[C@H](c5ccc(C)c(F)c5)C4([2H])[2H])nc(SCCC)nc32)[C@]([2H])(O)[C@]1([2H])O.[2H]C([2H])(O)CO[C@@]1([2H])C([2H])([2H])[C@@]([2H])(n2nnc3c(N[C@@]4([2H])[C@H](c5ccc(C)c(F)c5)C4([2H])[2H])nc(SCCC)nc32)[C@]([2H])(O)[C@]1([2H])O.[2H]C1([2H])[C@@H](c2ccc(C)c(F)c2)[C@]1([2H])Nc1nc(SCCC)nc2c1nnn2[C@]1([2H])C([2H])([2H])[C@]([2H])(OCCO)[C@@]([2H])(O)[C@@]1([2H])O. The summed E-state index contributed by atoms with van der Waals surface area (Å²) in [5, 5.41) is 167. The Balaban J connectivity index is 0.000000164. The number of hydrogen-bond donors (Lipinski definition) is 16. The Morgan fingerprint density at radius 3 is 0.840 bits per heavy atom. The van der Waals surface area contributed by atoms with Gasteiger partial charge in [0.25, 0.3) is 0 Å². The van der Waals surface area contributed by atoms with Crippen LogP contribution in [-0.4, -0.2) is 334 Å². The van der Waals surface area contributed by atoms with Gasteiger partial charge in [0, 0.05) is 118 Å². The number of aromatic nitrogens is 20. The molecule has 40 nitrogen and oxygen atoms in total. The molecule has 144 heavy (non-hydrogen) atoms. The van der Waals surface area contributed by atoms with E-state index < -0.39 is 317 Å². The Kier molecular flexibility index (Phi) is 20.8. The van der Waals surface area contributed by atoms with Gasteiger partial charge in [-0.15, -0.1) is 20.4 Å². The summed E-state index contributed by atoms with van der Waals surface area (Å²) in [4.78, 5) is 34.2. The van der Waals surface area contributed by atoms with E-state index in [1.54, 1.807) is 0 Å². The number of halogens is 4. The quantitative estimate of drug-likeness (QED) is 0.00969. The molecule has 8 heterocycles. The van der Waals surface area contributed by atoms with Gasteiger partial charge in [-0.3, -0.25) is 0 Å². The lowest BCUT2D eigenvalue weighted by molar-refractivity contribution is -0.0629. The third-order valence-electron chi connectivity index (χ3n) is 21.5. The minimum atomic E-state index is -4.32. The number of aliphatic hydroxyl groups excluding tert-OH is 2. The first-order valence-electron chi connectivity index (χ1n) is 66.0. The number of ether oxygens (including phenoxy) is 4. The van der Waals surface area contributed by atoms with Crippen molar-refractivity contribution in [2.24, 2.45) is 0 Å². The summed E-state index contributed by atoms with van der Waals surface area (Å²) in [7, 11) is 0. The van der Waals surface area contributed by atoms with Gasteiger partial charge < -0.3 is 101 Å². The van der Waals surface area contributed by atoms with Crippen LogP contribution in [0.4, 0.5) is 40.8 Å². The van der Waals surface area contributed by atoms with Crippen molar-refractivity contribution in [2.45, 2.75) is 297 Å². The predicted octanol–water partition coefficient (Wildman–Crippen LogP) is 8.73. The molecule has 776 valence electrons. The molecule has 8 fully saturated rings. The van der Waals surface area contributed by atoms with Gasteiger partial charge in [0.05, 0.1) is 139 Å². The molecule has 8 aliphatic rings. The van der Waals surface area contributed by atoms with Crippen LogP contribution in [0.5, 0.6) is 0 Å². The molecule has 4 aromatic carbocycles. The lowest BCUT2D eigenvalue weighted by Crippen LogP contribution is -2.33. The van der Waals surface area contributed by atoms with Gasteiger partial charge >= 0.3 is 0 Å². The van der Waals surface area contributed by atoms with E-state index in [0.717, 1.165) is 71.3 Å². The van der Waals surface area contributed by atoms with Gasteiger partial charge in [-0.25, -0.2) is 76.2 Å². The number of nitrogens with one attached hydrogen (secondary N) is 4. The minimum Gasteiger partial charge on any atom is -0.394 e. The Morgan fingerprint density at radius 2 is 0.604 bits per heavy atom. The van der Waals surface area contributed by atoms with Gasteiger partial charge in [0.15, 0.2) is 88.6 Å². The summed E-state index contributed by atoms with van der Waals surface area (Å²) in [6.45, 7) is -5.68. The average molecular weight is 2120 g/mol. The van der Waals surface area contributed by atoms with Crippen LogP contribution in [0.2, 0.25) is 0 Å². The number of aryl methyl sites for hydroxylation is 4. The second kappa shape index (κ2) is 47.3. The molecule has 20 rings (SSSR count). The molecule has 24 atom stereocenters. The molecule has 0 radical (unpaired) electrons. The van der Waals surface area contributed by atoms with E-state index in [0.29, 0.717) is 75.6 Å². The van der Waals surface area contributed by atoms with Crippen LogP contribution >= 0.6 is 47.0 Å². The van der Waals surface area contributed by atoms with Crippen molar-refractivity contribution in [1.29, 1.82) is 0 Å². The fourth-order valence-electron chi connectivity index (χ4n) is 13.9. The molecule has 0 bridgehead atoms. The highest BCUT2D eigenvalue weighted by molar-refractivity contribution is 7.99. The summed E-state index contributed by atoms with van der Waals surface area (Å²) in [6.07, 6.45) is -70.1. The Bertz CT molecular complexity index is 8920. The van der Waals surface area contributed by atoms with Crippen molar-refractivity contribution >= 4 is 115 Å². The number of fused-ring (bicyclic) bond motifs is 4. The highest BCUT2D eigenvalue weighted by Crippen LogP contribution is 2.50. The minimum absolute atomic E-state index is 0.0383. The molecule has 8 aliphatic carbocycles. The van der Waals surface area contributed by atoms with Crippen LogP contribution in [-0.2, 0) is 18.9 Å². The van der Waals surface area contributed by atoms with Crippen molar-refractivity contribution in [1.82, 2.24) is 99.8 Å². The van der Waals surface area contributed by atoms with Gasteiger partial charge in [-0.1, -0.05) is 144 Å². The summed E-state index contributed by atoms with van der Waals surface area (Å²) >= 11 is 4.15. The number of aliphatic hydroxyl groups is 12. The second-order valence-corrected chi connectivity index (χ2v) is 36.0. The third kappa shape index (κ3) is 23.8. The smallest absolute Gasteiger partial charge is 0.191 e. The maximum absolute atomic E-state index is 14.4. The fourth-order valence-corrected chi connectivity index (χ4v) is 16.7. The Labute approximate surface area is 905 Å². The van der Waals surface area contributed by atoms with Gasteiger partial charge in [-0.2, -0.15) is 0 Å². The summed E-state index contributed by atoms with van der Waals surface area (Å²) in [5.74, 6) is -7.03. The maximum atomic E-state index is 14.4. The van der Waals surface area contributed by atoms with Gasteiger partial charge in [0.1, 0.15) is 71.9 Å². The van der Waals surface area contributed by atoms with Crippen LogP contribution < -0.4 is 21.3 Å². The monoisotopic (exact) mass is 2120 g/mol. The molecule has 0 spiro atoms. The number of nitrogens with zero attached hydrogens (tertiary/aromatic N) is 20. The summed E-state index contributed by atoms with van der Waals surface area (Å²) in [5.41, 5.74) is -2.19. The van der Waals surface area contributed by atoms with Crippen LogP contribution in [0.1, 0.15) is 257 Å². The number of hydrogen-bond acceptors (Lipinski definition) is 40. The van der Waals surface area contributed by atoms with E-state index in [9.17, 15) is 78.8 Å². The maximum Gasteiger partial charge on any atom is 0.191 e. The Hall–Kier alpha value is -9.52. The van der Waals surface area contributed by atoms with Crippen LogP contribution in [0.15, 0.2) is 93.4 Å². The molecule has 48 heteroatoms. The number of benzene rings is 4. The molecule has 0 amide bonds. The molecular formula is C96H124F4N24O16S4. The van der Waals surface area contributed by atoms with Gasteiger partial charge in [-0.05, 0) is 148 Å². The molecule has 8 saturated carbocycles. The molecule has 12 aromatic rings. The third-order valence-corrected chi connectivity index (χ3v) is 25.7. The zero-order valence-electron chi connectivity index (χ0n) is 121. The van der Waals surface area contributed by atoms with Crippen molar-refractivity contribution < 1.29 is 158 Å². The normalized spacial score (nSPS) is 45.5. The molecule has 0 aliphatic heterocycles.